The molecule has 25 heavy (non-hydrogen) atoms. The van der Waals surface area contributed by atoms with E-state index in [4.69, 9.17) is 0 Å². The molecule has 0 aromatic heterocycles. The normalized spacial score (nSPS) is 37.3. The molecule has 3 N–H and O–H groups in total. The number of carbonyl (C=O) groups excluding carboxylic acids is 1. The van der Waals surface area contributed by atoms with Crippen LogP contribution in [0.1, 0.15) is 64.2 Å². The third kappa shape index (κ3) is 3.82. The van der Waals surface area contributed by atoms with Crippen LogP contribution < -0.4 is 10.6 Å². The van der Waals surface area contributed by atoms with E-state index in [-0.39, 0.29) is 24.6 Å². The summed E-state index contributed by atoms with van der Waals surface area (Å²) in [6.45, 7) is 2.47. The Morgan fingerprint density at radius 3 is 2.36 bits per heavy atom. The van der Waals surface area contributed by atoms with Gasteiger partial charge in [0, 0.05) is 43.7 Å². The minimum atomic E-state index is -0.00730. The Balaban J connectivity index is 1.21. The highest BCUT2D eigenvalue weighted by atomic mass is 16.3. The second-order valence-electron chi connectivity index (χ2n) is 8.93. The molecule has 4 rings (SSSR count). The van der Waals surface area contributed by atoms with Crippen LogP contribution in [0.4, 0.5) is 4.79 Å². The SMILES string of the molecule is O=C(NC1CCN(C2CCCCC2)CC1)NC1C2CCC(C2)C1CO. The average molecular weight is 350 g/mol. The number of aliphatic hydroxyl groups is 1. The number of nitrogens with one attached hydrogen (secondary N) is 2. The lowest BCUT2D eigenvalue weighted by Crippen LogP contribution is -2.54. The highest BCUT2D eigenvalue weighted by molar-refractivity contribution is 5.74. The molecule has 5 heteroatoms. The van der Waals surface area contributed by atoms with Gasteiger partial charge in [-0.25, -0.2) is 4.79 Å². The fraction of sp³-hybridized carbons (Fsp3) is 0.950. The first kappa shape index (κ1) is 17.6. The lowest BCUT2D eigenvalue weighted by Gasteiger charge is -2.39. The quantitative estimate of drug-likeness (QED) is 0.731. The summed E-state index contributed by atoms with van der Waals surface area (Å²) in [6, 6.07) is 1.28. The first-order valence-corrected chi connectivity index (χ1v) is 10.7. The first-order valence-electron chi connectivity index (χ1n) is 10.7. The molecular weight excluding hydrogens is 314 g/mol. The third-order valence-electron chi connectivity index (χ3n) is 7.55. The van der Waals surface area contributed by atoms with E-state index < -0.39 is 0 Å². The van der Waals surface area contributed by atoms with Crippen LogP contribution in [-0.2, 0) is 0 Å². The maximum Gasteiger partial charge on any atom is 0.315 e. The summed E-state index contributed by atoms with van der Waals surface area (Å²) < 4.78 is 0. The number of likely N-dealkylation sites (tertiary alicyclic amines) is 1. The van der Waals surface area contributed by atoms with Gasteiger partial charge >= 0.3 is 6.03 Å². The van der Waals surface area contributed by atoms with Gasteiger partial charge in [-0.3, -0.25) is 0 Å². The van der Waals surface area contributed by atoms with Crippen LogP contribution in [0.5, 0.6) is 0 Å². The number of carbonyl (C=O) groups is 1. The van der Waals surface area contributed by atoms with E-state index in [0.717, 1.165) is 32.0 Å². The molecular formula is C20H35N3O2. The van der Waals surface area contributed by atoms with Crippen LogP contribution >= 0.6 is 0 Å². The molecule has 0 aromatic rings. The highest BCUT2D eigenvalue weighted by Gasteiger charge is 2.47. The molecule has 4 aliphatic rings. The maximum atomic E-state index is 12.5. The number of piperidine rings is 1. The Bertz CT molecular complexity index is 458. The summed E-state index contributed by atoms with van der Waals surface area (Å²) >= 11 is 0. The van der Waals surface area contributed by atoms with Crippen LogP contribution in [0.3, 0.4) is 0 Å². The minimum absolute atomic E-state index is 0.00730. The van der Waals surface area contributed by atoms with Gasteiger partial charge in [-0.05, 0) is 56.8 Å². The Morgan fingerprint density at radius 2 is 1.64 bits per heavy atom. The fourth-order valence-corrected chi connectivity index (χ4v) is 6.13. The van der Waals surface area contributed by atoms with Crippen molar-refractivity contribution in [2.75, 3.05) is 19.7 Å². The Hall–Kier alpha value is -0.810. The van der Waals surface area contributed by atoms with Gasteiger partial charge in [0.2, 0.25) is 0 Å². The predicted octanol–water partition coefficient (Wildman–Crippen LogP) is 2.49. The molecule has 4 unspecified atom stereocenters. The molecule has 2 bridgehead atoms. The predicted molar refractivity (Wildman–Crippen MR) is 98.3 cm³/mol. The summed E-state index contributed by atoms with van der Waals surface area (Å²) in [7, 11) is 0. The number of fused-ring (bicyclic) bond motifs is 2. The fourth-order valence-electron chi connectivity index (χ4n) is 6.13. The average Bonchev–Trinajstić information content (AvgIpc) is 3.24. The first-order chi connectivity index (χ1) is 12.2. The molecule has 1 heterocycles. The van der Waals surface area contributed by atoms with Gasteiger partial charge < -0.3 is 20.6 Å². The van der Waals surface area contributed by atoms with Crippen molar-refractivity contribution in [3.63, 3.8) is 0 Å². The van der Waals surface area contributed by atoms with Crippen LogP contribution in [-0.4, -0.2) is 53.9 Å². The van der Waals surface area contributed by atoms with Gasteiger partial charge in [0.05, 0.1) is 0 Å². The molecule has 4 atom stereocenters. The molecule has 0 spiro atoms. The molecule has 2 amide bonds. The van der Waals surface area contributed by atoms with Crippen molar-refractivity contribution in [3.05, 3.63) is 0 Å². The van der Waals surface area contributed by atoms with Gasteiger partial charge in [-0.15, -0.1) is 0 Å². The van der Waals surface area contributed by atoms with Gasteiger partial charge in [0.25, 0.3) is 0 Å². The van der Waals surface area contributed by atoms with E-state index in [1.807, 2.05) is 0 Å². The zero-order valence-corrected chi connectivity index (χ0v) is 15.5. The van der Waals surface area contributed by atoms with E-state index in [1.54, 1.807) is 0 Å². The van der Waals surface area contributed by atoms with E-state index >= 15 is 0 Å². The number of hydrogen-bond acceptors (Lipinski definition) is 3. The van der Waals surface area contributed by atoms with Crippen molar-refractivity contribution in [1.29, 1.82) is 0 Å². The van der Waals surface area contributed by atoms with Gasteiger partial charge in [-0.1, -0.05) is 19.3 Å². The van der Waals surface area contributed by atoms with Crippen LogP contribution in [0.25, 0.3) is 0 Å². The second kappa shape index (κ2) is 7.83. The van der Waals surface area contributed by atoms with Gasteiger partial charge in [0.1, 0.15) is 0 Å². The maximum absolute atomic E-state index is 12.5. The van der Waals surface area contributed by atoms with Gasteiger partial charge in [0.15, 0.2) is 0 Å². The van der Waals surface area contributed by atoms with Crippen molar-refractivity contribution in [3.8, 4) is 0 Å². The number of amides is 2. The summed E-state index contributed by atoms with van der Waals surface area (Å²) in [4.78, 5) is 15.1. The molecule has 142 valence electrons. The molecule has 3 aliphatic carbocycles. The highest BCUT2D eigenvalue weighted by Crippen LogP contribution is 2.48. The van der Waals surface area contributed by atoms with E-state index in [2.05, 4.69) is 15.5 Å². The lowest BCUT2D eigenvalue weighted by atomic mass is 9.85. The third-order valence-corrected chi connectivity index (χ3v) is 7.55. The number of rotatable bonds is 4. The van der Waals surface area contributed by atoms with E-state index in [0.29, 0.717) is 17.9 Å². The summed E-state index contributed by atoms with van der Waals surface area (Å²) in [5.41, 5.74) is 0. The molecule has 1 aliphatic heterocycles. The molecule has 3 saturated carbocycles. The van der Waals surface area contributed by atoms with Crippen LogP contribution in [0.2, 0.25) is 0 Å². The van der Waals surface area contributed by atoms with Crippen molar-refractivity contribution >= 4 is 6.03 Å². The molecule has 5 nitrogen and oxygen atoms in total. The molecule has 1 saturated heterocycles. The number of urea groups is 1. The largest absolute Gasteiger partial charge is 0.396 e. The van der Waals surface area contributed by atoms with Gasteiger partial charge in [-0.2, -0.15) is 0 Å². The van der Waals surface area contributed by atoms with Crippen molar-refractivity contribution in [2.45, 2.75) is 82.3 Å². The Kier molecular flexibility index (Phi) is 5.51. The molecule has 0 radical (unpaired) electrons. The zero-order valence-electron chi connectivity index (χ0n) is 15.5. The van der Waals surface area contributed by atoms with E-state index in [9.17, 15) is 9.90 Å². The Labute approximate surface area is 151 Å². The lowest BCUT2D eigenvalue weighted by molar-refractivity contribution is 0.115. The minimum Gasteiger partial charge on any atom is -0.396 e. The van der Waals surface area contributed by atoms with Crippen molar-refractivity contribution < 1.29 is 9.90 Å². The van der Waals surface area contributed by atoms with Crippen molar-refractivity contribution in [2.24, 2.45) is 17.8 Å². The smallest absolute Gasteiger partial charge is 0.315 e. The van der Waals surface area contributed by atoms with Crippen LogP contribution in [0, 0.1) is 17.8 Å². The summed E-state index contributed by atoms with van der Waals surface area (Å²) in [6.07, 6.45) is 12.7. The monoisotopic (exact) mass is 349 g/mol. The van der Waals surface area contributed by atoms with Crippen molar-refractivity contribution in [1.82, 2.24) is 15.5 Å². The summed E-state index contributed by atoms with van der Waals surface area (Å²) in [5.74, 6) is 1.48. The standard InChI is InChI=1S/C20H35N3O2/c24-13-18-14-6-7-15(12-14)19(18)22-20(25)21-16-8-10-23(11-9-16)17-4-2-1-3-5-17/h14-19,24H,1-13H2,(H2,21,22,25). The second-order valence-corrected chi connectivity index (χ2v) is 8.93. The zero-order chi connectivity index (χ0) is 17.2. The number of hydrogen-bond donors (Lipinski definition) is 3. The number of aliphatic hydroxyl groups excluding tert-OH is 1. The van der Waals surface area contributed by atoms with E-state index in [1.165, 1.54) is 51.4 Å². The molecule has 0 aromatic carbocycles. The Morgan fingerprint density at radius 1 is 0.920 bits per heavy atom. The number of nitrogens with zero attached hydrogens (tertiary/aromatic N) is 1. The topological polar surface area (TPSA) is 64.6 Å². The molecule has 4 fully saturated rings. The van der Waals surface area contributed by atoms with Crippen LogP contribution in [0.15, 0.2) is 0 Å². The summed E-state index contributed by atoms with van der Waals surface area (Å²) in [5, 5.41) is 16.1.